The fraction of sp³-hybridized carbons (Fsp3) is 0.333. The Labute approximate surface area is 113 Å². The van der Waals surface area contributed by atoms with Gasteiger partial charge in [-0.15, -0.1) is 0 Å². The minimum absolute atomic E-state index is 0.0356. The summed E-state index contributed by atoms with van der Waals surface area (Å²) in [4.78, 5) is 22.1. The lowest BCUT2D eigenvalue weighted by molar-refractivity contribution is 0.0683. The summed E-state index contributed by atoms with van der Waals surface area (Å²) in [6, 6.07) is 2.80. The Morgan fingerprint density at radius 3 is 2.80 bits per heavy atom. The van der Waals surface area contributed by atoms with Crippen LogP contribution in [0.1, 0.15) is 10.4 Å². The normalized spacial score (nSPS) is 19.4. The van der Waals surface area contributed by atoms with Crippen LogP contribution in [0.3, 0.4) is 0 Å². The van der Waals surface area contributed by atoms with Gasteiger partial charge >= 0.3 is 12.1 Å². The minimum atomic E-state index is -1.14. The van der Waals surface area contributed by atoms with Gasteiger partial charge in [0.1, 0.15) is 17.9 Å². The predicted octanol–water partition coefficient (Wildman–Crippen LogP) is 0.601. The number of amides is 1. The van der Waals surface area contributed by atoms with Crippen LogP contribution in [-0.4, -0.2) is 43.2 Å². The Kier molecular flexibility index (Phi) is 2.97. The summed E-state index contributed by atoms with van der Waals surface area (Å²) in [7, 11) is 0. The van der Waals surface area contributed by atoms with Crippen molar-refractivity contribution < 1.29 is 33.6 Å². The molecule has 8 nitrogen and oxygen atoms in total. The van der Waals surface area contributed by atoms with Gasteiger partial charge in [-0.25, -0.2) is 9.59 Å². The fourth-order valence-corrected chi connectivity index (χ4v) is 1.92. The van der Waals surface area contributed by atoms with Gasteiger partial charge in [0.15, 0.2) is 17.6 Å². The minimum Gasteiger partial charge on any atom is -0.489 e. The maximum Gasteiger partial charge on any atom is 0.407 e. The molecule has 2 aliphatic rings. The molecular weight excluding hydrogens is 270 g/mol. The Morgan fingerprint density at radius 2 is 2.15 bits per heavy atom. The van der Waals surface area contributed by atoms with Gasteiger partial charge < -0.3 is 29.4 Å². The van der Waals surface area contributed by atoms with E-state index in [2.05, 4.69) is 5.32 Å². The second kappa shape index (κ2) is 4.80. The lowest BCUT2D eigenvalue weighted by atomic mass is 10.2. The van der Waals surface area contributed by atoms with Crippen LogP contribution in [-0.2, 0) is 4.74 Å². The predicted molar refractivity (Wildman–Crippen MR) is 63.3 cm³/mol. The molecule has 0 aromatic heterocycles. The van der Waals surface area contributed by atoms with Crippen LogP contribution >= 0.6 is 0 Å². The van der Waals surface area contributed by atoms with E-state index in [0.29, 0.717) is 18.0 Å². The van der Waals surface area contributed by atoms with Gasteiger partial charge in [0.25, 0.3) is 0 Å². The summed E-state index contributed by atoms with van der Waals surface area (Å²) in [5.74, 6) is -0.209. The number of nitrogens with one attached hydrogen (secondary N) is 1. The zero-order valence-corrected chi connectivity index (χ0v) is 10.3. The largest absolute Gasteiger partial charge is 0.489 e. The van der Waals surface area contributed by atoms with Crippen molar-refractivity contribution in [3.8, 4) is 17.2 Å². The molecule has 3 rings (SSSR count). The summed E-state index contributed by atoms with van der Waals surface area (Å²) in [6.07, 6.45) is -0.961. The molecule has 2 heterocycles. The first-order chi connectivity index (χ1) is 9.63. The molecule has 2 aliphatic heterocycles. The van der Waals surface area contributed by atoms with Gasteiger partial charge in [-0.1, -0.05) is 0 Å². The van der Waals surface area contributed by atoms with Crippen molar-refractivity contribution >= 4 is 12.1 Å². The molecule has 1 atom stereocenters. The number of aromatic carboxylic acids is 1. The number of cyclic esters (lactones) is 1. The van der Waals surface area contributed by atoms with E-state index in [-0.39, 0.29) is 24.7 Å². The summed E-state index contributed by atoms with van der Waals surface area (Å²) in [5.41, 5.74) is -0.0356. The van der Waals surface area contributed by atoms with Crippen molar-refractivity contribution in [2.45, 2.75) is 6.10 Å². The molecule has 1 saturated heterocycles. The molecule has 2 N–H and O–H groups in total. The number of ether oxygens (including phenoxy) is 4. The van der Waals surface area contributed by atoms with E-state index in [1.54, 1.807) is 0 Å². The number of hydrogen-bond acceptors (Lipinski definition) is 6. The average molecular weight is 281 g/mol. The van der Waals surface area contributed by atoms with E-state index in [9.17, 15) is 9.59 Å². The Bertz CT molecular complexity index is 571. The fourth-order valence-electron chi connectivity index (χ4n) is 1.92. The lowest BCUT2D eigenvalue weighted by Gasteiger charge is -2.12. The van der Waals surface area contributed by atoms with Crippen molar-refractivity contribution in [3.05, 3.63) is 17.7 Å². The van der Waals surface area contributed by atoms with Crippen LogP contribution in [0.5, 0.6) is 17.2 Å². The van der Waals surface area contributed by atoms with Gasteiger partial charge in [0.05, 0.1) is 6.54 Å². The molecule has 1 fully saturated rings. The summed E-state index contributed by atoms with van der Waals surface area (Å²) in [5, 5.41) is 11.6. The Morgan fingerprint density at radius 1 is 1.40 bits per heavy atom. The van der Waals surface area contributed by atoms with E-state index in [0.717, 1.165) is 0 Å². The molecule has 20 heavy (non-hydrogen) atoms. The van der Waals surface area contributed by atoms with E-state index >= 15 is 0 Å². The maximum atomic E-state index is 11.2. The van der Waals surface area contributed by atoms with Crippen LogP contribution in [0.25, 0.3) is 0 Å². The second-order valence-electron chi connectivity index (χ2n) is 4.23. The third-order valence-electron chi connectivity index (χ3n) is 2.88. The number of carbonyl (C=O) groups is 2. The highest BCUT2D eigenvalue weighted by Gasteiger charge is 2.25. The molecule has 0 saturated carbocycles. The highest BCUT2D eigenvalue weighted by atomic mass is 16.7. The topological polar surface area (TPSA) is 103 Å². The summed E-state index contributed by atoms with van der Waals surface area (Å²) < 4.78 is 20.6. The zero-order valence-electron chi connectivity index (χ0n) is 10.3. The molecule has 0 bridgehead atoms. The first-order valence-corrected chi connectivity index (χ1v) is 5.87. The van der Waals surface area contributed by atoms with Gasteiger partial charge in [-0.2, -0.15) is 0 Å². The molecule has 106 valence electrons. The SMILES string of the molecule is O=C1NCC(COc2cc3c(cc2C(=O)O)OCO3)O1. The van der Waals surface area contributed by atoms with E-state index in [1.807, 2.05) is 0 Å². The number of benzene rings is 1. The van der Waals surface area contributed by atoms with Crippen LogP contribution in [0.4, 0.5) is 4.79 Å². The number of carbonyl (C=O) groups excluding carboxylic acids is 1. The highest BCUT2D eigenvalue weighted by Crippen LogP contribution is 2.38. The molecule has 1 amide bonds. The molecule has 8 heteroatoms. The third-order valence-corrected chi connectivity index (χ3v) is 2.88. The third kappa shape index (κ3) is 2.27. The maximum absolute atomic E-state index is 11.2. The molecule has 1 aromatic carbocycles. The average Bonchev–Trinajstić information content (AvgIpc) is 3.03. The molecule has 0 radical (unpaired) electrons. The number of rotatable bonds is 4. The monoisotopic (exact) mass is 281 g/mol. The van der Waals surface area contributed by atoms with Crippen molar-refractivity contribution in [2.24, 2.45) is 0 Å². The smallest absolute Gasteiger partial charge is 0.407 e. The first-order valence-electron chi connectivity index (χ1n) is 5.87. The van der Waals surface area contributed by atoms with Gasteiger partial charge in [-0.05, 0) is 0 Å². The van der Waals surface area contributed by atoms with Crippen molar-refractivity contribution in [2.75, 3.05) is 19.9 Å². The first kappa shape index (κ1) is 12.4. The number of hydrogen-bond donors (Lipinski definition) is 2. The lowest BCUT2D eigenvalue weighted by Crippen LogP contribution is -2.22. The molecular formula is C12H11NO7. The second-order valence-corrected chi connectivity index (χ2v) is 4.23. The van der Waals surface area contributed by atoms with Crippen molar-refractivity contribution in [1.29, 1.82) is 0 Å². The highest BCUT2D eigenvalue weighted by molar-refractivity contribution is 5.92. The van der Waals surface area contributed by atoms with Crippen LogP contribution in [0.15, 0.2) is 12.1 Å². The Balaban J connectivity index is 1.77. The van der Waals surface area contributed by atoms with Crippen LogP contribution in [0, 0.1) is 0 Å². The molecule has 0 aliphatic carbocycles. The van der Waals surface area contributed by atoms with E-state index in [1.165, 1.54) is 12.1 Å². The molecule has 0 spiro atoms. The van der Waals surface area contributed by atoms with E-state index < -0.39 is 18.2 Å². The summed E-state index contributed by atoms with van der Waals surface area (Å²) in [6.45, 7) is 0.423. The Hall–Kier alpha value is -2.64. The standard InChI is InChI=1S/C12H11NO7/c14-11(15)7-1-9-10(19-5-18-9)2-8(7)17-4-6-3-13-12(16)20-6/h1-2,6H,3-5H2,(H,13,16)(H,14,15). The zero-order chi connectivity index (χ0) is 14.1. The number of carboxylic acids is 1. The molecule has 1 aromatic rings. The van der Waals surface area contributed by atoms with Crippen LogP contribution < -0.4 is 19.5 Å². The molecule has 1 unspecified atom stereocenters. The summed E-state index contributed by atoms with van der Waals surface area (Å²) >= 11 is 0. The van der Waals surface area contributed by atoms with E-state index in [4.69, 9.17) is 24.1 Å². The van der Waals surface area contributed by atoms with Crippen molar-refractivity contribution in [3.63, 3.8) is 0 Å². The number of carboxylic acid groups (broad SMARTS) is 1. The number of alkyl carbamates (subject to hydrolysis) is 1. The number of fused-ring (bicyclic) bond motifs is 1. The quantitative estimate of drug-likeness (QED) is 0.832. The van der Waals surface area contributed by atoms with Gasteiger partial charge in [0, 0.05) is 12.1 Å². The van der Waals surface area contributed by atoms with Crippen LogP contribution in [0.2, 0.25) is 0 Å². The van der Waals surface area contributed by atoms with Gasteiger partial charge in [-0.3, -0.25) is 0 Å². The van der Waals surface area contributed by atoms with Gasteiger partial charge in [0.2, 0.25) is 6.79 Å². The van der Waals surface area contributed by atoms with Crippen molar-refractivity contribution in [1.82, 2.24) is 5.32 Å².